The third kappa shape index (κ3) is 4.93. The molecule has 4 aromatic heterocycles. The van der Waals surface area contributed by atoms with Crippen LogP contribution in [0.15, 0.2) is 202 Å². The van der Waals surface area contributed by atoms with Gasteiger partial charge < -0.3 is 4.42 Å². The molecule has 0 radical (unpaired) electrons. The summed E-state index contributed by atoms with van der Waals surface area (Å²) in [6.45, 7) is 0. The fourth-order valence-electron chi connectivity index (χ4n) is 9.11. The molecule has 0 unspecified atom stereocenters. The summed E-state index contributed by atoms with van der Waals surface area (Å²) in [5.74, 6) is 1.79. The van der Waals surface area contributed by atoms with Crippen LogP contribution in [0.4, 0.5) is 0 Å². The van der Waals surface area contributed by atoms with Gasteiger partial charge in [0.2, 0.25) is 0 Å². The Kier molecular flexibility index (Phi) is 7.14. The number of fused-ring (bicyclic) bond motifs is 10. The summed E-state index contributed by atoms with van der Waals surface area (Å²) in [6, 6.07) is 65.9. The highest BCUT2D eigenvalue weighted by molar-refractivity contribution is 7.99. The summed E-state index contributed by atoms with van der Waals surface area (Å²) in [5.41, 5.74) is 12.4. The second-order valence-corrected chi connectivity index (χ2v) is 16.3. The zero-order valence-electron chi connectivity index (χ0n) is 32.0. The van der Waals surface area contributed by atoms with E-state index in [2.05, 4.69) is 161 Å². The van der Waals surface area contributed by atoms with Crippen molar-refractivity contribution in [3.63, 3.8) is 0 Å². The van der Waals surface area contributed by atoms with Gasteiger partial charge in [-0.05, 0) is 65.7 Å². The number of hydrogen-bond acceptors (Lipinski definition) is 5. The van der Waals surface area contributed by atoms with Crippen molar-refractivity contribution in [1.82, 2.24) is 24.1 Å². The number of benzene rings is 8. The van der Waals surface area contributed by atoms with E-state index in [0.29, 0.717) is 17.5 Å². The number of hydrogen-bond donors (Lipinski definition) is 0. The molecule has 0 atom stereocenters. The van der Waals surface area contributed by atoms with Crippen LogP contribution >= 0.6 is 11.8 Å². The van der Waals surface area contributed by atoms with Crippen molar-refractivity contribution in [2.45, 2.75) is 9.79 Å². The lowest BCUT2D eigenvalue weighted by Gasteiger charge is -2.22. The van der Waals surface area contributed by atoms with E-state index in [1.807, 2.05) is 48.2 Å². The van der Waals surface area contributed by atoms with Crippen molar-refractivity contribution in [2.24, 2.45) is 0 Å². The summed E-state index contributed by atoms with van der Waals surface area (Å²) < 4.78 is 11.2. The van der Waals surface area contributed by atoms with Crippen LogP contribution in [0.3, 0.4) is 0 Å². The first-order valence-corrected chi connectivity index (χ1v) is 20.8. The van der Waals surface area contributed by atoms with Crippen LogP contribution in [0.25, 0.3) is 111 Å². The smallest absolute Gasteiger partial charge is 0.164 e. The molecule has 12 aromatic rings. The molecule has 13 rings (SSSR count). The van der Waals surface area contributed by atoms with Gasteiger partial charge in [0.05, 0.1) is 16.7 Å². The lowest BCUT2D eigenvalue weighted by Crippen LogP contribution is -2.06. The molecule has 60 heavy (non-hydrogen) atoms. The normalized spacial score (nSPS) is 12.3. The van der Waals surface area contributed by atoms with Crippen molar-refractivity contribution < 1.29 is 4.42 Å². The Bertz CT molecular complexity index is 3680. The Labute approximate surface area is 348 Å². The molecule has 280 valence electrons. The zero-order chi connectivity index (χ0) is 39.3. The maximum atomic E-state index is 6.33. The van der Waals surface area contributed by atoms with E-state index in [4.69, 9.17) is 19.4 Å². The SMILES string of the molecule is c1ccc(-c2ccc(-c3nc(-c4ccc5c(c4)-n4c6c(cccc6c6c7ccccc7n(-c7ccccc7)c64)S5)nc(-c4cccc5oc6ccccc6c45)n3)cc2)cc1. The highest BCUT2D eigenvalue weighted by Crippen LogP contribution is 2.50. The van der Waals surface area contributed by atoms with Gasteiger partial charge in [-0.2, -0.15) is 0 Å². The molecule has 6 nitrogen and oxygen atoms in total. The number of para-hydroxylation sites is 4. The number of nitrogens with zero attached hydrogens (tertiary/aromatic N) is 5. The summed E-state index contributed by atoms with van der Waals surface area (Å²) >= 11 is 1.81. The average molecular weight is 786 g/mol. The van der Waals surface area contributed by atoms with Gasteiger partial charge in [0, 0.05) is 59.1 Å². The van der Waals surface area contributed by atoms with Gasteiger partial charge in [-0.3, -0.25) is 9.13 Å². The maximum Gasteiger partial charge on any atom is 0.164 e. The molecule has 1 aliphatic heterocycles. The fraction of sp³-hybridized carbons (Fsp3) is 0. The topological polar surface area (TPSA) is 61.7 Å². The Morgan fingerprint density at radius 1 is 0.417 bits per heavy atom. The quantitative estimate of drug-likeness (QED) is 0.174. The molecule has 0 spiro atoms. The van der Waals surface area contributed by atoms with Crippen molar-refractivity contribution >= 4 is 66.5 Å². The molecule has 0 aliphatic carbocycles. The summed E-state index contributed by atoms with van der Waals surface area (Å²) in [6.07, 6.45) is 0. The van der Waals surface area contributed by atoms with Gasteiger partial charge in [-0.15, -0.1) is 0 Å². The molecular formula is C53H31N5OS. The Morgan fingerprint density at radius 2 is 1.05 bits per heavy atom. The summed E-state index contributed by atoms with van der Waals surface area (Å²) in [7, 11) is 0. The molecule has 0 amide bonds. The predicted molar refractivity (Wildman–Crippen MR) is 244 cm³/mol. The molecule has 0 saturated carbocycles. The molecule has 1 aliphatic rings. The van der Waals surface area contributed by atoms with Gasteiger partial charge in [-0.25, -0.2) is 15.0 Å². The van der Waals surface area contributed by atoms with Crippen LogP contribution in [-0.4, -0.2) is 24.1 Å². The summed E-state index contributed by atoms with van der Waals surface area (Å²) in [4.78, 5) is 18.2. The van der Waals surface area contributed by atoms with Crippen LogP contribution in [0.2, 0.25) is 0 Å². The van der Waals surface area contributed by atoms with Crippen LogP contribution < -0.4 is 0 Å². The van der Waals surface area contributed by atoms with Crippen molar-refractivity contribution in [3.8, 4) is 56.7 Å². The fourth-order valence-corrected chi connectivity index (χ4v) is 10.2. The van der Waals surface area contributed by atoms with E-state index < -0.39 is 0 Å². The van der Waals surface area contributed by atoms with Crippen LogP contribution in [0, 0.1) is 0 Å². The first-order chi connectivity index (χ1) is 29.7. The summed E-state index contributed by atoms with van der Waals surface area (Å²) in [5, 5.41) is 5.72. The van der Waals surface area contributed by atoms with E-state index in [9.17, 15) is 0 Å². The molecule has 8 aromatic carbocycles. The second-order valence-electron chi connectivity index (χ2n) is 15.2. The lowest BCUT2D eigenvalue weighted by atomic mass is 10.0. The van der Waals surface area contributed by atoms with Crippen molar-refractivity contribution in [2.75, 3.05) is 0 Å². The third-order valence-electron chi connectivity index (χ3n) is 11.8. The third-order valence-corrected chi connectivity index (χ3v) is 12.9. The molecule has 5 heterocycles. The van der Waals surface area contributed by atoms with Crippen molar-refractivity contribution in [1.29, 1.82) is 0 Å². The first-order valence-electron chi connectivity index (χ1n) is 20.0. The van der Waals surface area contributed by atoms with E-state index >= 15 is 0 Å². The molecule has 0 bridgehead atoms. The number of furan rings is 1. The second kappa shape index (κ2) is 12.9. The minimum atomic E-state index is 0.590. The van der Waals surface area contributed by atoms with Crippen molar-refractivity contribution in [3.05, 3.63) is 188 Å². The monoisotopic (exact) mass is 785 g/mol. The highest BCUT2D eigenvalue weighted by atomic mass is 32.2. The van der Waals surface area contributed by atoms with E-state index in [0.717, 1.165) is 66.8 Å². The molecule has 0 saturated heterocycles. The largest absolute Gasteiger partial charge is 0.456 e. The van der Waals surface area contributed by atoms with E-state index in [-0.39, 0.29) is 0 Å². The zero-order valence-corrected chi connectivity index (χ0v) is 32.8. The maximum absolute atomic E-state index is 6.33. The number of rotatable bonds is 5. The minimum Gasteiger partial charge on any atom is -0.456 e. The number of aromatic nitrogens is 5. The van der Waals surface area contributed by atoms with Gasteiger partial charge in [0.25, 0.3) is 0 Å². The molecule has 7 heteroatoms. The average Bonchev–Trinajstić information content (AvgIpc) is 3.98. The van der Waals surface area contributed by atoms with Gasteiger partial charge in [0.1, 0.15) is 16.8 Å². The molecule has 0 fully saturated rings. The van der Waals surface area contributed by atoms with Gasteiger partial charge >= 0.3 is 0 Å². The predicted octanol–water partition coefficient (Wildman–Crippen LogP) is 13.9. The Morgan fingerprint density at radius 3 is 1.90 bits per heavy atom. The minimum absolute atomic E-state index is 0.590. The van der Waals surface area contributed by atoms with Crippen LogP contribution in [0.5, 0.6) is 0 Å². The Balaban J connectivity index is 1.06. The van der Waals surface area contributed by atoms with E-state index in [1.165, 1.54) is 37.0 Å². The van der Waals surface area contributed by atoms with E-state index in [1.54, 1.807) is 0 Å². The lowest BCUT2D eigenvalue weighted by molar-refractivity contribution is 0.669. The van der Waals surface area contributed by atoms with Crippen LogP contribution in [0.1, 0.15) is 0 Å². The van der Waals surface area contributed by atoms with Gasteiger partial charge in [0.15, 0.2) is 17.5 Å². The highest BCUT2D eigenvalue weighted by Gasteiger charge is 2.28. The van der Waals surface area contributed by atoms with Crippen LogP contribution in [-0.2, 0) is 0 Å². The first kappa shape index (κ1) is 33.3. The molecular weight excluding hydrogens is 755 g/mol. The Hall–Kier alpha value is -7.74. The standard InChI is InChI=1S/C53H31N5OS/c1-3-13-32(14-4-1)33-25-27-34(28-26-33)50-54-51(56-52(55-50)40-20-11-23-44-47(40)38-18-8-10-22-43(38)59-44)35-29-30-45-42(31-35)58-49-39(19-12-24-46(49)60-45)48-37-17-7-9-21-41(37)57(53(48)58)36-15-5-2-6-16-36/h1-31H. The van der Waals surface area contributed by atoms with Gasteiger partial charge in [-0.1, -0.05) is 145 Å². The molecule has 0 N–H and O–H groups in total.